The summed E-state index contributed by atoms with van der Waals surface area (Å²) in [5.41, 5.74) is 4.56. The molecule has 2 rings (SSSR count). The van der Waals surface area contributed by atoms with E-state index in [0.717, 1.165) is 12.0 Å². The number of aliphatic hydroxyl groups is 1. The number of anilines is 1. The first-order valence-corrected chi connectivity index (χ1v) is 8.48. The van der Waals surface area contributed by atoms with E-state index in [1.54, 1.807) is 36.5 Å². The van der Waals surface area contributed by atoms with E-state index in [9.17, 15) is 9.90 Å². The van der Waals surface area contributed by atoms with Gasteiger partial charge in [0.1, 0.15) is 5.82 Å². The SMILES string of the molecule is CCCN(NC[C@H](O)c1cccc(Cl)c1)c1ccc(CC(=O)O)cn1. The Bertz CT molecular complexity index is 694. The van der Waals surface area contributed by atoms with Gasteiger partial charge in [-0.2, -0.15) is 0 Å². The van der Waals surface area contributed by atoms with Gasteiger partial charge in [-0.1, -0.05) is 36.7 Å². The second-order valence-electron chi connectivity index (χ2n) is 5.68. The third-order valence-electron chi connectivity index (χ3n) is 3.60. The second kappa shape index (κ2) is 9.36. The number of hydrazine groups is 1. The van der Waals surface area contributed by atoms with Crippen molar-refractivity contribution in [2.45, 2.75) is 25.9 Å². The molecule has 0 radical (unpaired) electrons. The molecule has 1 atom stereocenters. The summed E-state index contributed by atoms with van der Waals surface area (Å²) < 4.78 is 0. The lowest BCUT2D eigenvalue weighted by Crippen LogP contribution is -2.41. The number of hydrogen-bond acceptors (Lipinski definition) is 5. The van der Waals surface area contributed by atoms with Gasteiger partial charge in [0.05, 0.1) is 12.5 Å². The Kier molecular flexibility index (Phi) is 7.18. The highest BCUT2D eigenvalue weighted by molar-refractivity contribution is 6.30. The topological polar surface area (TPSA) is 85.7 Å². The van der Waals surface area contributed by atoms with E-state index in [1.165, 1.54) is 0 Å². The number of carboxylic acids is 1. The van der Waals surface area contributed by atoms with Crippen LogP contribution in [-0.2, 0) is 11.2 Å². The van der Waals surface area contributed by atoms with Crippen molar-refractivity contribution in [3.63, 3.8) is 0 Å². The molecule has 0 saturated carbocycles. The first kappa shape index (κ1) is 19.2. The summed E-state index contributed by atoms with van der Waals surface area (Å²) in [6, 6.07) is 10.6. The van der Waals surface area contributed by atoms with Crippen molar-refractivity contribution < 1.29 is 15.0 Å². The largest absolute Gasteiger partial charge is 0.481 e. The number of aliphatic carboxylic acids is 1. The molecule has 0 amide bonds. The smallest absolute Gasteiger partial charge is 0.307 e. The van der Waals surface area contributed by atoms with E-state index < -0.39 is 12.1 Å². The summed E-state index contributed by atoms with van der Waals surface area (Å²) >= 11 is 5.95. The highest BCUT2D eigenvalue weighted by Crippen LogP contribution is 2.18. The summed E-state index contributed by atoms with van der Waals surface area (Å²) in [4.78, 5) is 15.1. The molecule has 0 aliphatic rings. The van der Waals surface area contributed by atoms with Gasteiger partial charge in [-0.15, -0.1) is 0 Å². The maximum Gasteiger partial charge on any atom is 0.307 e. The number of rotatable bonds is 9. The summed E-state index contributed by atoms with van der Waals surface area (Å²) in [5.74, 6) is -0.211. The van der Waals surface area contributed by atoms with Crippen molar-refractivity contribution in [2.75, 3.05) is 18.1 Å². The number of pyridine rings is 1. The van der Waals surface area contributed by atoms with Crippen molar-refractivity contribution in [3.8, 4) is 0 Å². The van der Waals surface area contributed by atoms with Gasteiger partial charge in [-0.25, -0.2) is 10.4 Å². The fraction of sp³-hybridized carbons (Fsp3) is 0.333. The van der Waals surface area contributed by atoms with Crippen LogP contribution >= 0.6 is 11.6 Å². The third-order valence-corrected chi connectivity index (χ3v) is 3.83. The fourth-order valence-electron chi connectivity index (χ4n) is 2.38. The van der Waals surface area contributed by atoms with Crippen molar-refractivity contribution in [3.05, 3.63) is 58.7 Å². The number of benzene rings is 1. The summed E-state index contributed by atoms with van der Waals surface area (Å²) in [7, 11) is 0. The van der Waals surface area contributed by atoms with Crippen LogP contribution in [0.15, 0.2) is 42.6 Å². The molecule has 0 fully saturated rings. The van der Waals surface area contributed by atoms with Gasteiger partial charge >= 0.3 is 5.97 Å². The van der Waals surface area contributed by atoms with Crippen LogP contribution in [-0.4, -0.2) is 34.3 Å². The number of nitrogens with zero attached hydrogens (tertiary/aromatic N) is 2. The van der Waals surface area contributed by atoms with E-state index in [0.29, 0.717) is 29.5 Å². The van der Waals surface area contributed by atoms with E-state index in [2.05, 4.69) is 10.4 Å². The first-order valence-electron chi connectivity index (χ1n) is 8.11. The van der Waals surface area contributed by atoms with Gasteiger partial charge < -0.3 is 10.2 Å². The Labute approximate surface area is 152 Å². The van der Waals surface area contributed by atoms with Gasteiger partial charge in [-0.05, 0) is 35.7 Å². The normalized spacial score (nSPS) is 12.0. The molecule has 134 valence electrons. The molecule has 1 heterocycles. The highest BCUT2D eigenvalue weighted by Gasteiger charge is 2.12. The van der Waals surface area contributed by atoms with Crippen LogP contribution in [0.1, 0.15) is 30.6 Å². The monoisotopic (exact) mass is 363 g/mol. The minimum absolute atomic E-state index is 0.0536. The van der Waals surface area contributed by atoms with Crippen LogP contribution in [0, 0.1) is 0 Å². The molecule has 0 aliphatic heterocycles. The molecule has 1 aromatic heterocycles. The molecule has 0 saturated heterocycles. The van der Waals surface area contributed by atoms with Crippen LogP contribution in [0.4, 0.5) is 5.82 Å². The molecule has 6 nitrogen and oxygen atoms in total. The van der Waals surface area contributed by atoms with E-state index in [-0.39, 0.29) is 6.42 Å². The predicted molar refractivity (Wildman–Crippen MR) is 97.6 cm³/mol. The van der Waals surface area contributed by atoms with Crippen molar-refractivity contribution >= 4 is 23.4 Å². The molecule has 7 heteroatoms. The highest BCUT2D eigenvalue weighted by atomic mass is 35.5. The van der Waals surface area contributed by atoms with Gasteiger partial charge in [0, 0.05) is 24.3 Å². The number of aromatic nitrogens is 1. The number of hydrogen-bond donors (Lipinski definition) is 3. The van der Waals surface area contributed by atoms with Crippen molar-refractivity contribution in [2.24, 2.45) is 0 Å². The van der Waals surface area contributed by atoms with E-state index in [4.69, 9.17) is 16.7 Å². The summed E-state index contributed by atoms with van der Waals surface area (Å²) in [6.07, 6.45) is 1.69. The van der Waals surface area contributed by atoms with Gasteiger partial charge in [0.2, 0.25) is 0 Å². The molecular formula is C18H22ClN3O3. The quantitative estimate of drug-likeness (QED) is 0.594. The molecule has 0 unspecified atom stereocenters. The van der Waals surface area contributed by atoms with Gasteiger partial charge in [0.15, 0.2) is 0 Å². The zero-order chi connectivity index (χ0) is 18.2. The van der Waals surface area contributed by atoms with Crippen LogP contribution < -0.4 is 10.4 Å². The predicted octanol–water partition coefficient (Wildman–Crippen LogP) is 2.82. The number of nitrogens with one attached hydrogen (secondary N) is 1. The Balaban J connectivity index is 2.01. The summed E-state index contributed by atoms with van der Waals surface area (Å²) in [5, 5.41) is 21.6. The van der Waals surface area contributed by atoms with Gasteiger partial charge in [-0.3, -0.25) is 9.80 Å². The lowest BCUT2D eigenvalue weighted by molar-refractivity contribution is -0.136. The molecule has 0 spiro atoms. The average Bonchev–Trinajstić information content (AvgIpc) is 2.58. The Hall–Kier alpha value is -2.15. The number of carbonyl (C=O) groups is 1. The summed E-state index contributed by atoms with van der Waals surface area (Å²) in [6.45, 7) is 3.05. The van der Waals surface area contributed by atoms with Crippen LogP contribution in [0.25, 0.3) is 0 Å². The zero-order valence-corrected chi connectivity index (χ0v) is 14.8. The maximum atomic E-state index is 10.7. The average molecular weight is 364 g/mol. The molecule has 25 heavy (non-hydrogen) atoms. The third kappa shape index (κ3) is 6.01. The lowest BCUT2D eigenvalue weighted by atomic mass is 10.1. The van der Waals surface area contributed by atoms with Crippen LogP contribution in [0.2, 0.25) is 5.02 Å². The zero-order valence-electron chi connectivity index (χ0n) is 14.0. The molecule has 3 N–H and O–H groups in total. The standard InChI is InChI=1S/C18H22ClN3O3/c1-2-8-22(17-7-6-13(11-20-17)9-18(24)25)21-12-16(23)14-4-3-5-15(19)10-14/h3-7,10-11,16,21,23H,2,8-9,12H2,1H3,(H,24,25)/t16-/m0/s1. The van der Waals surface area contributed by atoms with E-state index >= 15 is 0 Å². The number of aliphatic hydroxyl groups excluding tert-OH is 1. The minimum atomic E-state index is -0.886. The van der Waals surface area contributed by atoms with Crippen LogP contribution in [0.3, 0.4) is 0 Å². The number of halogens is 1. The van der Waals surface area contributed by atoms with Crippen molar-refractivity contribution in [1.82, 2.24) is 10.4 Å². The minimum Gasteiger partial charge on any atom is -0.481 e. The number of carboxylic acid groups (broad SMARTS) is 1. The maximum absolute atomic E-state index is 10.7. The van der Waals surface area contributed by atoms with E-state index in [1.807, 2.05) is 18.0 Å². The fourth-order valence-corrected chi connectivity index (χ4v) is 2.58. The van der Waals surface area contributed by atoms with Gasteiger partial charge in [0.25, 0.3) is 0 Å². The second-order valence-corrected chi connectivity index (χ2v) is 6.12. The molecule has 0 aliphatic carbocycles. The molecule has 2 aromatic rings. The first-order chi connectivity index (χ1) is 12.0. The Morgan fingerprint density at radius 1 is 1.36 bits per heavy atom. The Morgan fingerprint density at radius 3 is 2.76 bits per heavy atom. The molecular weight excluding hydrogens is 342 g/mol. The Morgan fingerprint density at radius 2 is 2.16 bits per heavy atom. The molecule has 0 bridgehead atoms. The lowest BCUT2D eigenvalue weighted by Gasteiger charge is -2.25. The van der Waals surface area contributed by atoms with Crippen LogP contribution in [0.5, 0.6) is 0 Å². The van der Waals surface area contributed by atoms with Crippen molar-refractivity contribution in [1.29, 1.82) is 0 Å². The molecule has 1 aromatic carbocycles.